The highest BCUT2D eigenvalue weighted by atomic mass is 15.3. The first kappa shape index (κ1) is 12.6. The Hall–Kier alpha value is -0.870. The minimum absolute atomic E-state index is 0.340. The highest BCUT2D eigenvalue weighted by Crippen LogP contribution is 2.30. The van der Waals surface area contributed by atoms with Crippen molar-refractivity contribution in [2.75, 3.05) is 19.6 Å². The van der Waals surface area contributed by atoms with Gasteiger partial charge in [0.05, 0.1) is 12.2 Å². The third-order valence-electron chi connectivity index (χ3n) is 3.97. The standard InChI is InChI=1S/C13H24N4/c1-10(2)11-4-5-17(9-11)13(6-14)12-7-15-16(3)8-12/h7-8,10-11,13H,4-6,9,14H2,1-3H3. The van der Waals surface area contributed by atoms with Gasteiger partial charge in [-0.15, -0.1) is 0 Å². The van der Waals surface area contributed by atoms with Crippen LogP contribution in [0.15, 0.2) is 12.4 Å². The lowest BCUT2D eigenvalue weighted by Gasteiger charge is -2.26. The molecule has 1 aromatic rings. The van der Waals surface area contributed by atoms with Gasteiger partial charge < -0.3 is 5.73 Å². The van der Waals surface area contributed by atoms with Crippen LogP contribution in [0.2, 0.25) is 0 Å². The zero-order valence-electron chi connectivity index (χ0n) is 11.1. The molecule has 0 saturated carbocycles. The smallest absolute Gasteiger partial charge is 0.0538 e. The predicted octanol–water partition coefficient (Wildman–Crippen LogP) is 1.40. The third kappa shape index (κ3) is 2.69. The minimum Gasteiger partial charge on any atom is -0.329 e. The molecular formula is C13H24N4. The summed E-state index contributed by atoms with van der Waals surface area (Å²) >= 11 is 0. The maximum absolute atomic E-state index is 5.94. The van der Waals surface area contributed by atoms with Crippen LogP contribution in [-0.2, 0) is 7.05 Å². The van der Waals surface area contributed by atoms with Crippen molar-refractivity contribution >= 4 is 0 Å². The molecule has 2 N–H and O–H groups in total. The van der Waals surface area contributed by atoms with Gasteiger partial charge in [-0.25, -0.2) is 0 Å². The average molecular weight is 236 g/mol. The topological polar surface area (TPSA) is 47.1 Å². The normalized spacial score (nSPS) is 23.5. The second kappa shape index (κ2) is 5.19. The molecule has 4 nitrogen and oxygen atoms in total. The number of nitrogens with zero attached hydrogens (tertiary/aromatic N) is 3. The van der Waals surface area contributed by atoms with E-state index in [-0.39, 0.29) is 0 Å². The van der Waals surface area contributed by atoms with Gasteiger partial charge in [0.25, 0.3) is 0 Å². The van der Waals surface area contributed by atoms with E-state index in [1.54, 1.807) is 0 Å². The van der Waals surface area contributed by atoms with E-state index in [1.165, 1.54) is 25.1 Å². The number of likely N-dealkylation sites (tertiary alicyclic amines) is 1. The summed E-state index contributed by atoms with van der Waals surface area (Å²) in [5, 5.41) is 4.25. The molecule has 1 aliphatic rings. The molecule has 96 valence electrons. The molecule has 2 rings (SSSR count). The maximum Gasteiger partial charge on any atom is 0.0538 e. The Balaban J connectivity index is 2.05. The Bertz CT molecular complexity index is 358. The molecular weight excluding hydrogens is 212 g/mol. The van der Waals surface area contributed by atoms with Crippen molar-refractivity contribution in [2.24, 2.45) is 24.6 Å². The Kier molecular flexibility index (Phi) is 3.84. The summed E-state index contributed by atoms with van der Waals surface area (Å²) in [6, 6.07) is 0.340. The molecule has 4 heteroatoms. The molecule has 0 bridgehead atoms. The molecule has 0 radical (unpaired) electrons. The Morgan fingerprint density at radius 1 is 1.53 bits per heavy atom. The number of hydrogen-bond donors (Lipinski definition) is 1. The van der Waals surface area contributed by atoms with Crippen molar-refractivity contribution in [2.45, 2.75) is 26.3 Å². The van der Waals surface area contributed by atoms with Gasteiger partial charge >= 0.3 is 0 Å². The number of aromatic nitrogens is 2. The summed E-state index contributed by atoms with van der Waals surface area (Å²) in [7, 11) is 1.96. The lowest BCUT2D eigenvalue weighted by molar-refractivity contribution is 0.232. The van der Waals surface area contributed by atoms with Gasteiger partial charge in [0.1, 0.15) is 0 Å². The van der Waals surface area contributed by atoms with E-state index in [0.717, 1.165) is 11.8 Å². The largest absolute Gasteiger partial charge is 0.329 e. The summed E-state index contributed by atoms with van der Waals surface area (Å²) in [5.74, 6) is 1.59. The van der Waals surface area contributed by atoms with Crippen molar-refractivity contribution in [3.8, 4) is 0 Å². The van der Waals surface area contributed by atoms with E-state index in [0.29, 0.717) is 12.6 Å². The van der Waals surface area contributed by atoms with Crippen LogP contribution in [0.3, 0.4) is 0 Å². The SMILES string of the molecule is CC(C)C1CCN(C(CN)c2cnn(C)c2)C1. The molecule has 0 amide bonds. The van der Waals surface area contributed by atoms with Crippen molar-refractivity contribution in [1.82, 2.24) is 14.7 Å². The molecule has 0 aliphatic carbocycles. The first-order valence-electron chi connectivity index (χ1n) is 6.54. The maximum atomic E-state index is 5.94. The van der Waals surface area contributed by atoms with E-state index < -0.39 is 0 Å². The summed E-state index contributed by atoms with van der Waals surface area (Å²) in [6.07, 6.45) is 5.33. The third-order valence-corrected chi connectivity index (χ3v) is 3.97. The van der Waals surface area contributed by atoms with Crippen molar-refractivity contribution in [3.05, 3.63) is 18.0 Å². The lowest BCUT2D eigenvalue weighted by atomic mass is 9.95. The van der Waals surface area contributed by atoms with E-state index in [2.05, 4.69) is 30.0 Å². The molecule has 17 heavy (non-hydrogen) atoms. The molecule has 2 heterocycles. The number of nitrogens with two attached hydrogens (primary N) is 1. The molecule has 2 atom stereocenters. The monoisotopic (exact) mass is 236 g/mol. The number of hydrogen-bond acceptors (Lipinski definition) is 3. The van der Waals surface area contributed by atoms with Crippen molar-refractivity contribution in [3.63, 3.8) is 0 Å². The summed E-state index contributed by atoms with van der Waals surface area (Å²) in [4.78, 5) is 2.52. The van der Waals surface area contributed by atoms with E-state index in [4.69, 9.17) is 5.73 Å². The van der Waals surface area contributed by atoms with Gasteiger partial charge in [-0.2, -0.15) is 5.10 Å². The van der Waals surface area contributed by atoms with Gasteiger partial charge in [0.15, 0.2) is 0 Å². The van der Waals surface area contributed by atoms with E-state index in [9.17, 15) is 0 Å². The second-order valence-corrected chi connectivity index (χ2v) is 5.49. The van der Waals surface area contributed by atoms with Gasteiger partial charge in [0, 0.05) is 31.9 Å². The predicted molar refractivity (Wildman–Crippen MR) is 69.5 cm³/mol. The van der Waals surface area contributed by atoms with Crippen LogP contribution in [-0.4, -0.2) is 34.3 Å². The number of rotatable bonds is 4. The second-order valence-electron chi connectivity index (χ2n) is 5.49. The van der Waals surface area contributed by atoms with Gasteiger partial charge in [-0.3, -0.25) is 9.58 Å². The van der Waals surface area contributed by atoms with Crippen LogP contribution in [0, 0.1) is 11.8 Å². The van der Waals surface area contributed by atoms with Crippen molar-refractivity contribution < 1.29 is 0 Å². The summed E-state index contributed by atoms with van der Waals surface area (Å²) in [5.41, 5.74) is 7.19. The fraction of sp³-hybridized carbons (Fsp3) is 0.769. The average Bonchev–Trinajstić information content (AvgIpc) is 2.89. The Morgan fingerprint density at radius 3 is 2.76 bits per heavy atom. The minimum atomic E-state index is 0.340. The molecule has 0 spiro atoms. The first-order valence-corrected chi connectivity index (χ1v) is 6.54. The molecule has 1 aromatic heterocycles. The van der Waals surface area contributed by atoms with E-state index in [1.807, 2.05) is 17.9 Å². The van der Waals surface area contributed by atoms with E-state index >= 15 is 0 Å². The number of aryl methyl sites for hydroxylation is 1. The fourth-order valence-electron chi connectivity index (χ4n) is 2.75. The van der Waals surface area contributed by atoms with Crippen molar-refractivity contribution in [1.29, 1.82) is 0 Å². The fourth-order valence-corrected chi connectivity index (χ4v) is 2.75. The first-order chi connectivity index (χ1) is 8.11. The molecule has 1 fully saturated rings. The van der Waals surface area contributed by atoms with Gasteiger partial charge in [0.2, 0.25) is 0 Å². The van der Waals surface area contributed by atoms with Crippen LogP contribution in [0.25, 0.3) is 0 Å². The Labute approximate surface area is 104 Å². The zero-order chi connectivity index (χ0) is 12.4. The lowest BCUT2D eigenvalue weighted by Crippen LogP contribution is -2.32. The van der Waals surface area contributed by atoms with Crippen LogP contribution in [0.1, 0.15) is 31.9 Å². The van der Waals surface area contributed by atoms with Crippen LogP contribution in [0.4, 0.5) is 0 Å². The van der Waals surface area contributed by atoms with Gasteiger partial charge in [-0.1, -0.05) is 13.8 Å². The highest BCUT2D eigenvalue weighted by molar-refractivity contribution is 5.11. The highest BCUT2D eigenvalue weighted by Gasteiger charge is 2.30. The zero-order valence-corrected chi connectivity index (χ0v) is 11.1. The van der Waals surface area contributed by atoms with Crippen LogP contribution < -0.4 is 5.73 Å². The quantitative estimate of drug-likeness (QED) is 0.859. The van der Waals surface area contributed by atoms with Gasteiger partial charge in [-0.05, 0) is 24.8 Å². The molecule has 1 saturated heterocycles. The van der Waals surface area contributed by atoms with Crippen LogP contribution in [0.5, 0.6) is 0 Å². The molecule has 2 unspecified atom stereocenters. The molecule has 1 aliphatic heterocycles. The summed E-state index contributed by atoms with van der Waals surface area (Å²) in [6.45, 7) is 7.65. The summed E-state index contributed by atoms with van der Waals surface area (Å²) < 4.78 is 1.86. The Morgan fingerprint density at radius 2 is 2.29 bits per heavy atom. The molecule has 0 aromatic carbocycles. The van der Waals surface area contributed by atoms with Crippen LogP contribution >= 0.6 is 0 Å².